The lowest BCUT2D eigenvalue weighted by molar-refractivity contribution is -0.116. The maximum Gasteiger partial charge on any atom is 0.226 e. The molecule has 0 aliphatic heterocycles. The van der Waals surface area contributed by atoms with Crippen LogP contribution in [0.15, 0.2) is 35.8 Å². The number of nitrogens with one attached hydrogen (secondary N) is 2. The van der Waals surface area contributed by atoms with Crippen LogP contribution in [0.25, 0.3) is 0 Å². The van der Waals surface area contributed by atoms with Gasteiger partial charge in [0.05, 0.1) is 0 Å². The first-order chi connectivity index (χ1) is 11.5. The van der Waals surface area contributed by atoms with Crippen molar-refractivity contribution in [3.63, 3.8) is 0 Å². The Bertz CT molecular complexity index is 592. The molecule has 1 aromatic carbocycles. The summed E-state index contributed by atoms with van der Waals surface area (Å²) in [6.45, 7) is 7.01. The molecule has 0 saturated heterocycles. The smallest absolute Gasteiger partial charge is 0.226 e. The number of carbonyl (C=O) groups excluding carboxylic acids is 1. The molecule has 2 N–H and O–H groups in total. The molecule has 0 radical (unpaired) electrons. The van der Waals surface area contributed by atoms with Gasteiger partial charge in [-0.15, -0.1) is 30.6 Å². The molecular weight excluding hydrogens is 451 g/mol. The average Bonchev–Trinajstić information content (AvgIpc) is 2.56. The van der Waals surface area contributed by atoms with Crippen LogP contribution in [0, 0.1) is 6.92 Å². The molecular formula is C18H28ClIN4O. The van der Waals surface area contributed by atoms with Crippen LogP contribution in [-0.2, 0) is 4.79 Å². The Labute approximate surface area is 172 Å². The minimum atomic E-state index is -0.0577. The Kier molecular flexibility index (Phi) is 12.3. The zero-order valence-electron chi connectivity index (χ0n) is 15.1. The van der Waals surface area contributed by atoms with E-state index in [0.717, 1.165) is 36.6 Å². The van der Waals surface area contributed by atoms with Gasteiger partial charge < -0.3 is 15.5 Å². The monoisotopic (exact) mass is 478 g/mol. The molecule has 1 amide bonds. The van der Waals surface area contributed by atoms with Crippen molar-refractivity contribution in [3.05, 3.63) is 41.4 Å². The average molecular weight is 479 g/mol. The zero-order chi connectivity index (χ0) is 17.9. The fourth-order valence-corrected chi connectivity index (χ4v) is 2.38. The quantitative estimate of drug-likeness (QED) is 0.195. The van der Waals surface area contributed by atoms with Crippen molar-refractivity contribution in [1.29, 1.82) is 0 Å². The van der Waals surface area contributed by atoms with Gasteiger partial charge in [-0.05, 0) is 37.5 Å². The van der Waals surface area contributed by atoms with E-state index < -0.39 is 0 Å². The topological polar surface area (TPSA) is 56.7 Å². The number of allylic oxidation sites excluding steroid dienone is 1. The number of anilines is 1. The Morgan fingerprint density at radius 1 is 1.44 bits per heavy atom. The molecule has 0 aromatic heterocycles. The molecule has 0 aliphatic carbocycles. The number of carbonyl (C=O) groups is 1. The van der Waals surface area contributed by atoms with Crippen LogP contribution in [0.1, 0.15) is 24.8 Å². The summed E-state index contributed by atoms with van der Waals surface area (Å²) in [7, 11) is 3.72. The van der Waals surface area contributed by atoms with Crippen molar-refractivity contribution >= 4 is 53.1 Å². The molecule has 1 rings (SSSR count). The fraction of sp³-hybridized carbons (Fsp3) is 0.444. The summed E-state index contributed by atoms with van der Waals surface area (Å²) in [5.41, 5.74) is 1.62. The Morgan fingerprint density at radius 2 is 2.16 bits per heavy atom. The molecule has 0 saturated carbocycles. The highest BCUT2D eigenvalue weighted by Gasteiger charge is 2.08. The first-order valence-corrected chi connectivity index (χ1v) is 8.45. The van der Waals surface area contributed by atoms with Gasteiger partial charge >= 0.3 is 0 Å². The van der Waals surface area contributed by atoms with Gasteiger partial charge in [0.25, 0.3) is 0 Å². The second-order valence-corrected chi connectivity index (χ2v) is 5.94. The van der Waals surface area contributed by atoms with E-state index in [-0.39, 0.29) is 29.9 Å². The van der Waals surface area contributed by atoms with E-state index in [1.807, 2.05) is 37.1 Å². The van der Waals surface area contributed by atoms with Gasteiger partial charge in [0.2, 0.25) is 5.91 Å². The third-order valence-corrected chi connectivity index (χ3v) is 4.06. The van der Waals surface area contributed by atoms with Crippen LogP contribution in [-0.4, -0.2) is 44.0 Å². The Hall–Kier alpha value is -1.28. The highest BCUT2D eigenvalue weighted by Crippen LogP contribution is 2.22. The van der Waals surface area contributed by atoms with Gasteiger partial charge in [0.1, 0.15) is 0 Å². The van der Waals surface area contributed by atoms with E-state index in [4.69, 9.17) is 11.6 Å². The molecule has 1 aromatic rings. The van der Waals surface area contributed by atoms with E-state index in [1.54, 1.807) is 13.1 Å². The highest BCUT2D eigenvalue weighted by atomic mass is 127. The summed E-state index contributed by atoms with van der Waals surface area (Å²) in [6, 6.07) is 5.47. The Balaban J connectivity index is 0.00000576. The van der Waals surface area contributed by atoms with Crippen molar-refractivity contribution in [2.75, 3.05) is 32.5 Å². The minimum absolute atomic E-state index is 0. The summed E-state index contributed by atoms with van der Waals surface area (Å²) in [5, 5.41) is 6.73. The van der Waals surface area contributed by atoms with Gasteiger partial charge in [0, 0.05) is 44.3 Å². The third kappa shape index (κ3) is 8.58. The summed E-state index contributed by atoms with van der Waals surface area (Å²) in [5.74, 6) is 0.725. The minimum Gasteiger partial charge on any atom is -0.356 e. The molecule has 25 heavy (non-hydrogen) atoms. The van der Waals surface area contributed by atoms with Crippen molar-refractivity contribution in [3.8, 4) is 0 Å². The summed E-state index contributed by atoms with van der Waals surface area (Å²) in [6.07, 6.45) is 4.26. The molecule has 0 spiro atoms. The van der Waals surface area contributed by atoms with Gasteiger partial charge in [-0.25, -0.2) is 0 Å². The molecule has 5 nitrogen and oxygen atoms in total. The van der Waals surface area contributed by atoms with E-state index in [2.05, 4.69) is 22.2 Å². The van der Waals surface area contributed by atoms with Crippen LogP contribution in [0.4, 0.5) is 5.69 Å². The van der Waals surface area contributed by atoms with E-state index in [0.29, 0.717) is 18.0 Å². The summed E-state index contributed by atoms with van der Waals surface area (Å²) < 4.78 is 0. The van der Waals surface area contributed by atoms with Crippen LogP contribution in [0.2, 0.25) is 5.02 Å². The number of guanidine groups is 1. The lowest BCUT2D eigenvalue weighted by Crippen LogP contribution is -2.40. The van der Waals surface area contributed by atoms with Crippen molar-refractivity contribution in [2.24, 2.45) is 4.99 Å². The zero-order valence-corrected chi connectivity index (χ0v) is 18.2. The lowest BCUT2D eigenvalue weighted by atomic mass is 10.2. The van der Waals surface area contributed by atoms with Gasteiger partial charge in [-0.1, -0.05) is 23.7 Å². The number of hydrogen-bond acceptors (Lipinski definition) is 2. The number of hydrogen-bond donors (Lipinski definition) is 2. The van der Waals surface area contributed by atoms with Crippen molar-refractivity contribution < 1.29 is 4.79 Å². The summed E-state index contributed by atoms with van der Waals surface area (Å²) >= 11 is 6.06. The molecule has 0 heterocycles. The van der Waals surface area contributed by atoms with Crippen molar-refractivity contribution in [2.45, 2.75) is 26.2 Å². The number of aliphatic imine (C=N–C) groups is 1. The number of amides is 1. The van der Waals surface area contributed by atoms with E-state index in [9.17, 15) is 4.79 Å². The number of unbranched alkanes of at least 4 members (excludes halogenated alkanes) is 1. The molecule has 0 aliphatic rings. The van der Waals surface area contributed by atoms with E-state index >= 15 is 0 Å². The second kappa shape index (κ2) is 13.0. The van der Waals surface area contributed by atoms with Gasteiger partial charge in [-0.2, -0.15) is 0 Å². The van der Waals surface area contributed by atoms with Crippen LogP contribution >= 0.6 is 35.6 Å². The molecule has 0 fully saturated rings. The third-order valence-electron chi connectivity index (χ3n) is 3.65. The fourth-order valence-electron chi connectivity index (χ4n) is 2.21. The highest BCUT2D eigenvalue weighted by molar-refractivity contribution is 14.0. The number of nitrogens with zero attached hydrogens (tertiary/aromatic N) is 2. The molecule has 140 valence electrons. The van der Waals surface area contributed by atoms with Gasteiger partial charge in [-0.3, -0.25) is 9.79 Å². The van der Waals surface area contributed by atoms with Crippen LogP contribution in [0.5, 0.6) is 0 Å². The SMILES string of the molecule is C=CCCCN(C)C(=NC)NCCC(=O)Nc1cccc(Cl)c1C.I. The number of benzene rings is 1. The molecule has 0 unspecified atom stereocenters. The molecule has 7 heteroatoms. The number of halogens is 2. The normalized spacial score (nSPS) is 10.6. The predicted octanol–water partition coefficient (Wildman–Crippen LogP) is 4.07. The van der Waals surface area contributed by atoms with Gasteiger partial charge in [0.15, 0.2) is 5.96 Å². The molecule has 0 bridgehead atoms. The molecule has 0 atom stereocenters. The lowest BCUT2D eigenvalue weighted by Gasteiger charge is -2.21. The summed E-state index contributed by atoms with van der Waals surface area (Å²) in [4.78, 5) is 18.3. The maximum atomic E-state index is 12.1. The largest absolute Gasteiger partial charge is 0.356 e. The standard InChI is InChI=1S/C18H27ClN4O.HI/c1-5-6-7-13-23(4)18(20-3)21-12-11-17(24)22-16-10-8-9-15(19)14(16)2;/h5,8-10H,1,6-7,11-13H2,2-4H3,(H,20,21)(H,22,24);1H. The maximum absolute atomic E-state index is 12.1. The van der Waals surface area contributed by atoms with Crippen LogP contribution in [0.3, 0.4) is 0 Å². The van der Waals surface area contributed by atoms with Crippen molar-refractivity contribution in [1.82, 2.24) is 10.2 Å². The predicted molar refractivity (Wildman–Crippen MR) is 118 cm³/mol. The Morgan fingerprint density at radius 3 is 2.80 bits per heavy atom. The van der Waals surface area contributed by atoms with E-state index in [1.165, 1.54) is 0 Å². The first kappa shape index (κ1) is 23.7. The van der Waals surface area contributed by atoms with Crippen LogP contribution < -0.4 is 10.6 Å². The first-order valence-electron chi connectivity index (χ1n) is 8.07. The second-order valence-electron chi connectivity index (χ2n) is 5.54. The number of rotatable bonds is 8.